The van der Waals surface area contributed by atoms with E-state index >= 15 is 0 Å². The molecule has 9 heteroatoms. The fourth-order valence-corrected chi connectivity index (χ4v) is 1.49. The van der Waals surface area contributed by atoms with Crippen molar-refractivity contribution in [2.75, 3.05) is 0 Å². The highest BCUT2D eigenvalue weighted by molar-refractivity contribution is 5.98. The van der Waals surface area contributed by atoms with E-state index in [0.717, 1.165) is 18.2 Å². The van der Waals surface area contributed by atoms with E-state index in [1.807, 2.05) is 0 Å². The molecule has 4 N–H and O–H groups in total. The fraction of sp³-hybridized carbons (Fsp3) is 0. The van der Waals surface area contributed by atoms with Crippen molar-refractivity contribution >= 4 is 23.9 Å². The summed E-state index contributed by atoms with van der Waals surface area (Å²) < 4.78 is 0. The van der Waals surface area contributed by atoms with Crippen LogP contribution in [0.5, 0.6) is 0 Å². The second kappa shape index (κ2) is 8.03. The average Bonchev–Trinajstić information content (AvgIpc) is 2.55. The number of carbonyl (C=O) groups is 4. The smallest absolute Gasteiger partial charge is 0.335 e. The molecule has 9 nitrogen and oxygen atoms in total. The predicted molar refractivity (Wildman–Crippen MR) is 78.5 cm³/mol. The Balaban J connectivity index is 0.000000272. The molecular weight excluding hydrogens is 322 g/mol. The van der Waals surface area contributed by atoms with Crippen LogP contribution in [0.25, 0.3) is 0 Å². The molecule has 1 aromatic carbocycles. The summed E-state index contributed by atoms with van der Waals surface area (Å²) in [6.45, 7) is 0. The first-order valence-corrected chi connectivity index (χ1v) is 6.20. The Bertz CT molecular complexity index is 706. The van der Waals surface area contributed by atoms with Gasteiger partial charge in [-0.1, -0.05) is 0 Å². The van der Waals surface area contributed by atoms with Gasteiger partial charge in [-0.3, -0.25) is 4.98 Å². The Labute approximate surface area is 134 Å². The van der Waals surface area contributed by atoms with Crippen LogP contribution in [0.15, 0.2) is 42.7 Å². The lowest BCUT2D eigenvalue weighted by atomic mass is 10.1. The quantitative estimate of drug-likeness (QED) is 0.650. The largest absolute Gasteiger partial charge is 0.478 e. The standard InChI is InChI=1S/C9H6O6.C6H5NO2/c10-7(11)4-1-5(8(12)13)3-6(2-4)9(14)15;8-6(9)5-1-3-7-4-2-5/h1-3H,(H,10,11)(H,12,13)(H,14,15);1-4H,(H,8,9). The van der Waals surface area contributed by atoms with E-state index in [1.54, 1.807) is 0 Å². The topological polar surface area (TPSA) is 162 Å². The molecule has 0 aliphatic rings. The normalized spacial score (nSPS) is 9.33. The second-order valence-electron chi connectivity index (χ2n) is 4.26. The molecule has 0 saturated carbocycles. The summed E-state index contributed by atoms with van der Waals surface area (Å²) in [6.07, 6.45) is 2.90. The molecule has 124 valence electrons. The van der Waals surface area contributed by atoms with Gasteiger partial charge >= 0.3 is 23.9 Å². The molecule has 0 atom stereocenters. The third-order valence-corrected chi connectivity index (χ3v) is 2.60. The van der Waals surface area contributed by atoms with Gasteiger partial charge in [-0.15, -0.1) is 0 Å². The van der Waals surface area contributed by atoms with Gasteiger partial charge in [0, 0.05) is 12.4 Å². The maximum absolute atomic E-state index is 10.6. The van der Waals surface area contributed by atoms with Crippen LogP contribution in [0.2, 0.25) is 0 Å². The Morgan fingerprint density at radius 2 is 0.875 bits per heavy atom. The Morgan fingerprint density at radius 1 is 0.583 bits per heavy atom. The lowest BCUT2D eigenvalue weighted by Gasteiger charge is -2.00. The van der Waals surface area contributed by atoms with Crippen molar-refractivity contribution in [3.8, 4) is 0 Å². The van der Waals surface area contributed by atoms with Crippen molar-refractivity contribution in [3.63, 3.8) is 0 Å². The van der Waals surface area contributed by atoms with Crippen molar-refractivity contribution < 1.29 is 39.6 Å². The average molecular weight is 333 g/mol. The molecule has 0 aliphatic carbocycles. The van der Waals surface area contributed by atoms with Crippen LogP contribution in [-0.2, 0) is 0 Å². The number of aromatic carboxylic acids is 4. The molecule has 0 saturated heterocycles. The van der Waals surface area contributed by atoms with E-state index in [4.69, 9.17) is 20.4 Å². The summed E-state index contributed by atoms with van der Waals surface area (Å²) in [6, 6.07) is 5.59. The Morgan fingerprint density at radius 3 is 1.08 bits per heavy atom. The molecule has 0 unspecified atom stereocenters. The zero-order valence-electron chi connectivity index (χ0n) is 11.9. The minimum absolute atomic E-state index is 0.269. The molecule has 0 aliphatic heterocycles. The van der Waals surface area contributed by atoms with Crippen molar-refractivity contribution in [2.24, 2.45) is 0 Å². The molecule has 0 spiro atoms. The van der Waals surface area contributed by atoms with Gasteiger partial charge in [-0.25, -0.2) is 19.2 Å². The number of carboxylic acid groups (broad SMARTS) is 4. The second-order valence-corrected chi connectivity index (χ2v) is 4.26. The highest BCUT2D eigenvalue weighted by atomic mass is 16.4. The minimum Gasteiger partial charge on any atom is -0.478 e. The first-order chi connectivity index (χ1) is 11.2. The van der Waals surface area contributed by atoms with Gasteiger partial charge in [0.05, 0.1) is 22.3 Å². The van der Waals surface area contributed by atoms with E-state index in [1.165, 1.54) is 24.5 Å². The van der Waals surface area contributed by atoms with Crippen LogP contribution in [0.1, 0.15) is 41.4 Å². The third kappa shape index (κ3) is 5.22. The number of benzene rings is 1. The number of pyridine rings is 1. The SMILES string of the molecule is O=C(O)c1cc(C(=O)O)cc(C(=O)O)c1.O=C(O)c1ccncc1. The van der Waals surface area contributed by atoms with Gasteiger partial charge < -0.3 is 20.4 Å². The maximum Gasteiger partial charge on any atom is 0.335 e. The van der Waals surface area contributed by atoms with E-state index in [0.29, 0.717) is 0 Å². The van der Waals surface area contributed by atoms with Gasteiger partial charge in [0.2, 0.25) is 0 Å². The number of hydrogen-bond acceptors (Lipinski definition) is 5. The van der Waals surface area contributed by atoms with E-state index in [-0.39, 0.29) is 22.3 Å². The molecule has 1 aromatic heterocycles. The summed E-state index contributed by atoms with van der Waals surface area (Å²) in [5, 5.41) is 34.2. The first kappa shape index (κ1) is 18.3. The van der Waals surface area contributed by atoms with Crippen LogP contribution in [-0.4, -0.2) is 49.3 Å². The van der Waals surface area contributed by atoms with Crippen molar-refractivity contribution in [1.82, 2.24) is 4.98 Å². The van der Waals surface area contributed by atoms with Gasteiger partial charge in [0.15, 0.2) is 0 Å². The van der Waals surface area contributed by atoms with Gasteiger partial charge in [0.25, 0.3) is 0 Å². The van der Waals surface area contributed by atoms with Crippen LogP contribution in [0, 0.1) is 0 Å². The Hall–Kier alpha value is -3.75. The molecule has 1 heterocycles. The zero-order chi connectivity index (χ0) is 18.3. The lowest BCUT2D eigenvalue weighted by molar-refractivity contribution is 0.0679. The van der Waals surface area contributed by atoms with Crippen LogP contribution in [0.4, 0.5) is 0 Å². The number of hydrogen-bond donors (Lipinski definition) is 4. The van der Waals surface area contributed by atoms with E-state index in [2.05, 4.69) is 4.98 Å². The summed E-state index contributed by atoms with van der Waals surface area (Å²) >= 11 is 0. The molecule has 24 heavy (non-hydrogen) atoms. The van der Waals surface area contributed by atoms with Gasteiger partial charge in [-0.2, -0.15) is 0 Å². The summed E-state index contributed by atoms with van der Waals surface area (Å²) in [5.41, 5.74) is -0.836. The number of rotatable bonds is 4. The summed E-state index contributed by atoms with van der Waals surface area (Å²) in [7, 11) is 0. The maximum atomic E-state index is 10.6. The van der Waals surface area contributed by atoms with Crippen molar-refractivity contribution in [3.05, 3.63) is 65.0 Å². The molecule has 0 bridgehead atoms. The van der Waals surface area contributed by atoms with Gasteiger partial charge in [0.1, 0.15) is 0 Å². The minimum atomic E-state index is -1.37. The molecule has 0 fully saturated rings. The van der Waals surface area contributed by atoms with Crippen LogP contribution < -0.4 is 0 Å². The fourth-order valence-electron chi connectivity index (χ4n) is 1.49. The van der Waals surface area contributed by atoms with Crippen molar-refractivity contribution in [1.29, 1.82) is 0 Å². The Kier molecular flexibility index (Phi) is 6.13. The highest BCUT2D eigenvalue weighted by Crippen LogP contribution is 2.11. The van der Waals surface area contributed by atoms with E-state index in [9.17, 15) is 19.2 Å². The van der Waals surface area contributed by atoms with Crippen LogP contribution in [0.3, 0.4) is 0 Å². The molecule has 0 amide bonds. The molecule has 0 radical (unpaired) electrons. The number of carboxylic acids is 4. The van der Waals surface area contributed by atoms with Crippen LogP contribution >= 0.6 is 0 Å². The first-order valence-electron chi connectivity index (χ1n) is 6.20. The number of nitrogens with zero attached hydrogens (tertiary/aromatic N) is 1. The molecule has 2 rings (SSSR count). The molecular formula is C15H11NO8. The van der Waals surface area contributed by atoms with E-state index < -0.39 is 23.9 Å². The zero-order valence-corrected chi connectivity index (χ0v) is 11.9. The summed E-state index contributed by atoms with van der Waals surface area (Å²) in [4.78, 5) is 45.5. The van der Waals surface area contributed by atoms with Crippen molar-refractivity contribution in [2.45, 2.75) is 0 Å². The third-order valence-electron chi connectivity index (χ3n) is 2.60. The van der Waals surface area contributed by atoms with Gasteiger partial charge in [-0.05, 0) is 30.3 Å². The number of aromatic nitrogens is 1. The monoisotopic (exact) mass is 333 g/mol. The molecule has 2 aromatic rings. The lowest BCUT2D eigenvalue weighted by Crippen LogP contribution is -2.07. The predicted octanol–water partition coefficient (Wildman–Crippen LogP) is 1.56. The highest BCUT2D eigenvalue weighted by Gasteiger charge is 2.14. The summed E-state index contributed by atoms with van der Waals surface area (Å²) in [5.74, 6) is -5.04.